The van der Waals surface area contributed by atoms with Crippen LogP contribution in [0.2, 0.25) is 0 Å². The molecular formula is C23H34N6O2. The zero-order chi connectivity index (χ0) is 22.1. The summed E-state index contributed by atoms with van der Waals surface area (Å²) in [4.78, 5) is 13.6. The number of likely N-dealkylation sites (N-methyl/N-ethyl adjacent to an activating group) is 1. The van der Waals surface area contributed by atoms with Crippen molar-refractivity contribution in [2.24, 2.45) is 4.99 Å². The van der Waals surface area contributed by atoms with E-state index in [0.717, 1.165) is 55.0 Å². The monoisotopic (exact) mass is 426 g/mol. The van der Waals surface area contributed by atoms with Crippen molar-refractivity contribution in [2.75, 3.05) is 58.8 Å². The highest BCUT2D eigenvalue weighted by molar-refractivity contribution is 5.79. The summed E-state index contributed by atoms with van der Waals surface area (Å²) in [7, 11) is 5.56. The lowest BCUT2D eigenvalue weighted by Crippen LogP contribution is -2.44. The molecule has 0 radical (unpaired) electrons. The number of nitrogens with zero attached hydrogens (tertiary/aromatic N) is 4. The molecule has 1 aromatic heterocycles. The van der Waals surface area contributed by atoms with Crippen LogP contribution in [0, 0.1) is 0 Å². The lowest BCUT2D eigenvalue weighted by molar-refractivity contribution is 0.213. The topological polar surface area (TPSA) is 74.3 Å². The zero-order valence-corrected chi connectivity index (χ0v) is 19.0. The molecule has 1 unspecified atom stereocenters. The predicted octanol–water partition coefficient (Wildman–Crippen LogP) is 1.97. The lowest BCUT2D eigenvalue weighted by atomic mass is 10.2. The molecule has 0 aliphatic carbocycles. The first-order chi connectivity index (χ1) is 15.1. The van der Waals surface area contributed by atoms with Crippen molar-refractivity contribution in [2.45, 2.75) is 19.6 Å². The van der Waals surface area contributed by atoms with Gasteiger partial charge < -0.3 is 29.9 Å². The molecule has 1 fully saturated rings. The Labute approximate surface area is 185 Å². The van der Waals surface area contributed by atoms with Crippen LogP contribution in [-0.4, -0.2) is 75.9 Å². The average molecular weight is 427 g/mol. The van der Waals surface area contributed by atoms with E-state index in [2.05, 4.69) is 49.6 Å². The van der Waals surface area contributed by atoms with Gasteiger partial charge in [-0.1, -0.05) is 18.2 Å². The van der Waals surface area contributed by atoms with Crippen molar-refractivity contribution < 1.29 is 9.47 Å². The Morgan fingerprint density at radius 2 is 1.84 bits per heavy atom. The fraction of sp³-hybridized carbons (Fsp3) is 0.478. The van der Waals surface area contributed by atoms with Crippen molar-refractivity contribution >= 4 is 11.8 Å². The Hall–Kier alpha value is -3.00. The molecule has 31 heavy (non-hydrogen) atoms. The number of hydrogen-bond donors (Lipinski definition) is 2. The van der Waals surface area contributed by atoms with Gasteiger partial charge in [0.2, 0.25) is 0 Å². The van der Waals surface area contributed by atoms with Gasteiger partial charge in [0, 0.05) is 46.0 Å². The first-order valence-corrected chi connectivity index (χ1v) is 10.7. The van der Waals surface area contributed by atoms with Gasteiger partial charge in [-0.15, -0.1) is 0 Å². The second-order valence-corrected chi connectivity index (χ2v) is 7.70. The van der Waals surface area contributed by atoms with Crippen LogP contribution in [0.1, 0.15) is 12.5 Å². The number of methoxy groups -OCH3 is 1. The minimum absolute atomic E-state index is 0.0561. The molecular weight excluding hydrogens is 392 g/mol. The van der Waals surface area contributed by atoms with Crippen LogP contribution in [0.4, 0.5) is 5.82 Å². The Morgan fingerprint density at radius 3 is 2.48 bits per heavy atom. The van der Waals surface area contributed by atoms with Crippen LogP contribution in [0.25, 0.3) is 0 Å². The van der Waals surface area contributed by atoms with E-state index < -0.39 is 0 Å². The van der Waals surface area contributed by atoms with Crippen molar-refractivity contribution in [1.29, 1.82) is 0 Å². The average Bonchev–Trinajstić information content (AvgIpc) is 2.80. The third-order valence-electron chi connectivity index (χ3n) is 5.27. The molecule has 0 bridgehead atoms. The summed E-state index contributed by atoms with van der Waals surface area (Å²) in [5.41, 5.74) is 1.11. The van der Waals surface area contributed by atoms with E-state index in [-0.39, 0.29) is 6.10 Å². The largest absolute Gasteiger partial charge is 0.493 e. The third kappa shape index (κ3) is 6.75. The van der Waals surface area contributed by atoms with Gasteiger partial charge in [0.25, 0.3) is 0 Å². The summed E-state index contributed by atoms with van der Waals surface area (Å²) in [6, 6.07) is 11.9. The highest BCUT2D eigenvalue weighted by Gasteiger charge is 2.15. The lowest BCUT2D eigenvalue weighted by Gasteiger charge is -2.33. The Balaban J connectivity index is 1.43. The van der Waals surface area contributed by atoms with Gasteiger partial charge in [-0.05, 0) is 37.7 Å². The maximum absolute atomic E-state index is 5.98. The van der Waals surface area contributed by atoms with Crippen molar-refractivity contribution in [1.82, 2.24) is 20.5 Å². The minimum atomic E-state index is -0.0561. The summed E-state index contributed by atoms with van der Waals surface area (Å²) >= 11 is 0. The zero-order valence-electron chi connectivity index (χ0n) is 19.0. The molecule has 1 saturated heterocycles. The normalized spacial score (nSPS) is 16.0. The Kier molecular flexibility index (Phi) is 8.35. The van der Waals surface area contributed by atoms with Crippen molar-refractivity contribution in [3.63, 3.8) is 0 Å². The van der Waals surface area contributed by atoms with Crippen LogP contribution in [0.3, 0.4) is 0 Å². The van der Waals surface area contributed by atoms with Crippen LogP contribution < -0.4 is 25.0 Å². The molecule has 8 heteroatoms. The second kappa shape index (κ2) is 11.4. The number of pyridine rings is 1. The van der Waals surface area contributed by atoms with Crippen LogP contribution in [-0.2, 0) is 6.54 Å². The number of guanidine groups is 1. The number of anilines is 1. The number of piperazine rings is 1. The highest BCUT2D eigenvalue weighted by Crippen LogP contribution is 2.26. The minimum Gasteiger partial charge on any atom is -0.493 e. The van der Waals surface area contributed by atoms with Gasteiger partial charge in [-0.25, -0.2) is 4.98 Å². The summed E-state index contributed by atoms with van der Waals surface area (Å²) in [5.74, 6) is 3.22. The number of ether oxygens (including phenoxy) is 2. The van der Waals surface area contributed by atoms with Crippen molar-refractivity contribution in [3.8, 4) is 11.5 Å². The van der Waals surface area contributed by atoms with Gasteiger partial charge in [-0.3, -0.25) is 4.99 Å². The highest BCUT2D eigenvalue weighted by atomic mass is 16.5. The van der Waals surface area contributed by atoms with E-state index in [1.165, 1.54) is 0 Å². The summed E-state index contributed by atoms with van der Waals surface area (Å²) in [6.45, 7) is 7.46. The van der Waals surface area contributed by atoms with Gasteiger partial charge in [-0.2, -0.15) is 0 Å². The first-order valence-electron chi connectivity index (χ1n) is 10.7. The SMILES string of the molecule is CN=C(NCc1ccc(N2CCN(C)CC2)nc1)NCC(C)Oc1ccccc1OC. The molecule has 1 aliphatic heterocycles. The quantitative estimate of drug-likeness (QED) is 0.494. The third-order valence-corrected chi connectivity index (χ3v) is 5.27. The molecule has 8 nitrogen and oxygen atoms in total. The van der Waals surface area contributed by atoms with E-state index in [1.54, 1.807) is 14.2 Å². The molecule has 1 aromatic carbocycles. The van der Waals surface area contributed by atoms with Crippen molar-refractivity contribution in [3.05, 3.63) is 48.2 Å². The molecule has 0 amide bonds. The molecule has 168 valence electrons. The van der Waals surface area contributed by atoms with Crippen LogP contribution in [0.15, 0.2) is 47.6 Å². The number of aromatic nitrogens is 1. The Morgan fingerprint density at radius 1 is 1.10 bits per heavy atom. The number of rotatable bonds is 8. The summed E-state index contributed by atoms with van der Waals surface area (Å²) in [5, 5.41) is 6.63. The fourth-order valence-electron chi connectivity index (χ4n) is 3.37. The maximum atomic E-state index is 5.98. The number of hydrogen-bond acceptors (Lipinski definition) is 6. The van der Waals surface area contributed by atoms with E-state index in [4.69, 9.17) is 9.47 Å². The molecule has 1 aliphatic rings. The standard InChI is InChI=1S/C23H34N6O2/c1-18(31-21-8-6-5-7-20(21)30-4)15-26-23(24-2)27-17-19-9-10-22(25-16-19)29-13-11-28(3)12-14-29/h5-10,16,18H,11-15,17H2,1-4H3,(H2,24,26,27). The molecule has 3 rings (SSSR count). The molecule has 2 heterocycles. The number of nitrogens with one attached hydrogen (secondary N) is 2. The van der Waals surface area contributed by atoms with Gasteiger partial charge >= 0.3 is 0 Å². The first kappa shape index (κ1) is 22.7. The van der Waals surface area contributed by atoms with E-state index >= 15 is 0 Å². The van der Waals surface area contributed by atoms with Crippen LogP contribution >= 0.6 is 0 Å². The molecule has 0 saturated carbocycles. The van der Waals surface area contributed by atoms with Gasteiger partial charge in [0.1, 0.15) is 11.9 Å². The van der Waals surface area contributed by atoms with E-state index in [1.807, 2.05) is 37.4 Å². The Bertz CT molecular complexity index is 834. The van der Waals surface area contributed by atoms with Gasteiger partial charge in [0.05, 0.1) is 13.7 Å². The molecule has 1 atom stereocenters. The molecule has 2 N–H and O–H groups in total. The summed E-state index contributed by atoms with van der Waals surface area (Å²) < 4.78 is 11.3. The summed E-state index contributed by atoms with van der Waals surface area (Å²) in [6.07, 6.45) is 1.88. The smallest absolute Gasteiger partial charge is 0.191 e. The van der Waals surface area contributed by atoms with E-state index in [0.29, 0.717) is 13.1 Å². The number of aliphatic imine (C=N–C) groups is 1. The van der Waals surface area contributed by atoms with Crippen LogP contribution in [0.5, 0.6) is 11.5 Å². The van der Waals surface area contributed by atoms with E-state index in [9.17, 15) is 0 Å². The number of para-hydroxylation sites is 2. The molecule has 2 aromatic rings. The predicted molar refractivity (Wildman–Crippen MR) is 125 cm³/mol. The molecule has 0 spiro atoms. The number of benzene rings is 1. The second-order valence-electron chi connectivity index (χ2n) is 7.70. The maximum Gasteiger partial charge on any atom is 0.191 e. The fourth-order valence-corrected chi connectivity index (χ4v) is 3.37. The van der Waals surface area contributed by atoms with Gasteiger partial charge in [0.15, 0.2) is 17.5 Å².